The second kappa shape index (κ2) is 18.6. The second-order valence-corrected chi connectivity index (χ2v) is 20.9. The molecule has 17 heteroatoms. The first kappa shape index (κ1) is 45.2. The van der Waals surface area contributed by atoms with Gasteiger partial charge in [0, 0.05) is 93.5 Å². The number of fused-ring (bicyclic) bond motifs is 1. The van der Waals surface area contributed by atoms with Gasteiger partial charge in [-0.05, 0) is 110 Å². The number of benzene rings is 3. The summed E-state index contributed by atoms with van der Waals surface area (Å²) in [5.41, 5.74) is 11.4. The molecule has 2 saturated heterocycles. The number of allylic oxidation sites excluding steroid dienone is 1. The van der Waals surface area contributed by atoms with Crippen LogP contribution in [-0.2, 0) is 10.0 Å². The van der Waals surface area contributed by atoms with E-state index in [1.54, 1.807) is 6.07 Å². The topological polar surface area (TPSA) is 158 Å². The summed E-state index contributed by atoms with van der Waals surface area (Å²) in [5.74, 6) is -3.31. The molecule has 3 aromatic carbocycles. The number of nitrogens with zero attached hydrogens (tertiary/aromatic N) is 3. The number of rotatable bonds is 13. The SMILES string of the molecule is CC1(C)CCC(CN2CCN(c3ccc(C(=O)NS(=O)(=O)c4ccc(NCC5CCC(F)(F)CC5)c([N+](=O)[O-])c4)c(OC4CCCC5NNCC54)c3)CC2)=C(c2ccc(Cl)cc2)C1. The van der Waals surface area contributed by atoms with Crippen molar-refractivity contribution in [3.05, 3.63) is 92.5 Å². The van der Waals surface area contributed by atoms with E-state index >= 15 is 0 Å². The summed E-state index contributed by atoms with van der Waals surface area (Å²) in [4.78, 5) is 29.7. The third-order valence-electron chi connectivity index (χ3n) is 13.8. The summed E-state index contributed by atoms with van der Waals surface area (Å²) < 4.78 is 63.6. The number of hydrazine groups is 1. The van der Waals surface area contributed by atoms with E-state index in [1.165, 1.54) is 28.8 Å². The highest BCUT2D eigenvalue weighted by Gasteiger charge is 2.39. The van der Waals surface area contributed by atoms with Crippen LogP contribution < -0.4 is 30.5 Å². The van der Waals surface area contributed by atoms with Crippen LogP contribution in [-0.4, -0.2) is 88.0 Å². The van der Waals surface area contributed by atoms with Gasteiger partial charge in [-0.2, -0.15) is 0 Å². The molecule has 0 spiro atoms. The van der Waals surface area contributed by atoms with Gasteiger partial charge in [0.25, 0.3) is 21.6 Å². The number of nitro benzene ring substituents is 1. The van der Waals surface area contributed by atoms with Gasteiger partial charge in [-0.3, -0.25) is 30.7 Å². The summed E-state index contributed by atoms with van der Waals surface area (Å²) >= 11 is 6.24. The van der Waals surface area contributed by atoms with E-state index < -0.39 is 37.4 Å². The molecule has 13 nitrogen and oxygen atoms in total. The van der Waals surface area contributed by atoms with Crippen molar-refractivity contribution in [1.82, 2.24) is 20.5 Å². The maximum absolute atomic E-state index is 14.0. The molecule has 3 aliphatic carbocycles. The zero-order valence-electron chi connectivity index (χ0n) is 35.9. The molecule has 5 aliphatic rings. The van der Waals surface area contributed by atoms with Crippen LogP contribution in [0.2, 0.25) is 5.02 Å². The lowest BCUT2D eigenvalue weighted by Crippen LogP contribution is -2.47. The molecule has 63 heavy (non-hydrogen) atoms. The van der Waals surface area contributed by atoms with Crippen molar-refractivity contribution >= 4 is 50.2 Å². The van der Waals surface area contributed by atoms with Crippen LogP contribution in [0.25, 0.3) is 5.57 Å². The number of carbonyl (C=O) groups is 1. The number of ether oxygens (including phenoxy) is 1. The first-order chi connectivity index (χ1) is 30.0. The van der Waals surface area contributed by atoms with Gasteiger partial charge in [0.05, 0.1) is 15.4 Å². The predicted octanol–water partition coefficient (Wildman–Crippen LogP) is 8.41. The zero-order valence-corrected chi connectivity index (χ0v) is 37.5. The Hall–Kier alpha value is -4.35. The van der Waals surface area contributed by atoms with E-state index in [0.717, 1.165) is 88.0 Å². The molecule has 2 heterocycles. The summed E-state index contributed by atoms with van der Waals surface area (Å²) in [6, 6.07) is 17.0. The molecule has 340 valence electrons. The molecule has 1 amide bonds. The molecule has 3 unspecified atom stereocenters. The third-order valence-corrected chi connectivity index (χ3v) is 15.3. The summed E-state index contributed by atoms with van der Waals surface area (Å²) in [7, 11) is -4.59. The van der Waals surface area contributed by atoms with Crippen molar-refractivity contribution in [3.8, 4) is 5.75 Å². The molecule has 4 fully saturated rings. The molecular weight excluding hydrogens is 852 g/mol. The van der Waals surface area contributed by atoms with Crippen LogP contribution in [0, 0.1) is 27.4 Å². The molecule has 0 bridgehead atoms. The number of piperazine rings is 1. The highest BCUT2D eigenvalue weighted by Crippen LogP contribution is 2.44. The van der Waals surface area contributed by atoms with Gasteiger partial charge in [0.2, 0.25) is 5.92 Å². The Morgan fingerprint density at radius 3 is 2.46 bits per heavy atom. The minimum Gasteiger partial charge on any atom is -0.489 e. The van der Waals surface area contributed by atoms with Gasteiger partial charge in [-0.1, -0.05) is 43.2 Å². The van der Waals surface area contributed by atoms with E-state index in [4.69, 9.17) is 16.3 Å². The molecule has 4 N–H and O–H groups in total. The first-order valence-corrected chi connectivity index (χ1v) is 24.1. The van der Waals surface area contributed by atoms with Gasteiger partial charge in [0.1, 0.15) is 17.5 Å². The van der Waals surface area contributed by atoms with Crippen molar-refractivity contribution in [2.24, 2.45) is 17.3 Å². The van der Waals surface area contributed by atoms with E-state index in [2.05, 4.69) is 56.7 Å². The Morgan fingerprint density at radius 2 is 1.73 bits per heavy atom. The third kappa shape index (κ3) is 10.8. The standard InChI is InChI=1S/C46H58ClF2N7O6S/c1-45(2)17-16-32(37(26-45)31-6-8-33(47)9-7-31)29-54-20-22-55(23-21-54)34-10-12-36(43(24-34)62-42-5-3-4-39-38(42)28-51-52-39)44(57)53-63(60,61)35-11-13-40(41(25-35)56(58)59)50-27-30-14-18-46(48,49)19-15-30/h6-13,24-25,30,38-39,42,50-52H,3-5,14-23,26-29H2,1-2H3,(H,53,57). The van der Waals surface area contributed by atoms with E-state index in [0.29, 0.717) is 6.54 Å². The molecule has 2 saturated carbocycles. The van der Waals surface area contributed by atoms with Crippen molar-refractivity contribution in [1.29, 1.82) is 0 Å². The predicted molar refractivity (Wildman–Crippen MR) is 241 cm³/mol. The summed E-state index contributed by atoms with van der Waals surface area (Å²) in [6.45, 7) is 9.64. The second-order valence-electron chi connectivity index (χ2n) is 18.8. The molecule has 3 atom stereocenters. The van der Waals surface area contributed by atoms with E-state index in [1.807, 2.05) is 24.3 Å². The number of sulfonamides is 1. The van der Waals surface area contributed by atoms with E-state index in [9.17, 15) is 32.1 Å². The number of hydrogen-bond acceptors (Lipinski definition) is 11. The average Bonchev–Trinajstić information content (AvgIpc) is 3.74. The molecule has 8 rings (SSSR count). The van der Waals surface area contributed by atoms with Gasteiger partial charge in [-0.15, -0.1) is 0 Å². The molecule has 0 aromatic heterocycles. The van der Waals surface area contributed by atoms with Gasteiger partial charge in [0.15, 0.2) is 0 Å². The number of nitro groups is 1. The monoisotopic (exact) mass is 909 g/mol. The number of alkyl halides is 2. The number of amides is 1. The maximum atomic E-state index is 14.0. The van der Waals surface area contributed by atoms with Gasteiger partial charge >= 0.3 is 0 Å². The summed E-state index contributed by atoms with van der Waals surface area (Å²) in [5, 5.41) is 15.8. The van der Waals surface area contributed by atoms with Crippen molar-refractivity contribution in [3.63, 3.8) is 0 Å². The highest BCUT2D eigenvalue weighted by atomic mass is 35.5. The lowest BCUT2D eigenvalue weighted by atomic mass is 9.72. The van der Waals surface area contributed by atoms with Crippen LogP contribution >= 0.6 is 11.6 Å². The van der Waals surface area contributed by atoms with Crippen LogP contribution in [0.5, 0.6) is 5.75 Å². The summed E-state index contributed by atoms with van der Waals surface area (Å²) in [6.07, 6.45) is 5.72. The minimum absolute atomic E-state index is 0.0368. The fraction of sp³-hybridized carbons (Fsp3) is 0.543. The lowest BCUT2D eigenvalue weighted by molar-refractivity contribution is -0.384. The lowest BCUT2D eigenvalue weighted by Gasteiger charge is -2.39. The van der Waals surface area contributed by atoms with Gasteiger partial charge < -0.3 is 15.0 Å². The Balaban J connectivity index is 0.982. The number of carbonyl (C=O) groups excluding carboxylic acids is 1. The normalized spacial score (nSPS) is 24.1. The average molecular weight is 911 g/mol. The first-order valence-electron chi connectivity index (χ1n) is 22.2. The van der Waals surface area contributed by atoms with Crippen LogP contribution in [0.4, 0.5) is 25.8 Å². The minimum atomic E-state index is -4.59. The largest absolute Gasteiger partial charge is 0.489 e. The van der Waals surface area contributed by atoms with Crippen molar-refractivity contribution in [2.45, 2.75) is 101 Å². The fourth-order valence-corrected chi connectivity index (χ4v) is 11.1. The Morgan fingerprint density at radius 1 is 0.984 bits per heavy atom. The molecular formula is C46H58ClF2N7O6S. The van der Waals surface area contributed by atoms with Crippen LogP contribution in [0.1, 0.15) is 94.0 Å². The molecule has 0 radical (unpaired) electrons. The number of hydrogen-bond donors (Lipinski definition) is 4. The van der Waals surface area contributed by atoms with Crippen molar-refractivity contribution < 1.29 is 31.7 Å². The molecule has 2 aliphatic heterocycles. The van der Waals surface area contributed by atoms with Gasteiger partial charge in [-0.25, -0.2) is 21.9 Å². The Bertz CT molecular complexity index is 2310. The Labute approximate surface area is 373 Å². The zero-order chi connectivity index (χ0) is 44.5. The Kier molecular flexibility index (Phi) is 13.4. The van der Waals surface area contributed by atoms with Crippen molar-refractivity contribution in [2.75, 3.05) is 56.0 Å². The fourth-order valence-electron chi connectivity index (χ4n) is 9.96. The number of nitrogens with one attached hydrogen (secondary N) is 4. The van der Waals surface area contributed by atoms with Crippen LogP contribution in [0.3, 0.4) is 0 Å². The smallest absolute Gasteiger partial charge is 0.293 e. The van der Waals surface area contributed by atoms with Crippen LogP contribution in [0.15, 0.2) is 71.1 Å². The number of halogens is 3. The molecule has 3 aromatic rings. The quantitative estimate of drug-likeness (QED) is 0.0964. The highest BCUT2D eigenvalue weighted by molar-refractivity contribution is 7.90. The number of anilines is 2. The maximum Gasteiger partial charge on any atom is 0.293 e. The van der Waals surface area contributed by atoms with E-state index in [-0.39, 0.29) is 78.6 Å².